The summed E-state index contributed by atoms with van der Waals surface area (Å²) in [4.78, 5) is 20.2. The van der Waals surface area contributed by atoms with Crippen LogP contribution in [0.25, 0.3) is 11.5 Å². The summed E-state index contributed by atoms with van der Waals surface area (Å²) >= 11 is 0. The lowest BCUT2D eigenvalue weighted by molar-refractivity contribution is -0.389. The summed E-state index contributed by atoms with van der Waals surface area (Å²) in [5.74, 6) is -1.52. The molecule has 0 saturated heterocycles. The third kappa shape index (κ3) is 1.61. The first-order chi connectivity index (χ1) is 7.58. The molecule has 0 aliphatic heterocycles. The minimum absolute atomic E-state index is 0.0433. The fourth-order valence-electron chi connectivity index (χ4n) is 1.03. The molecule has 0 aromatic carbocycles. The number of nitrogens with one attached hydrogen (secondary N) is 1. The Labute approximate surface area is 86.8 Å². The molecule has 9 nitrogen and oxygen atoms in total. The second-order valence-corrected chi connectivity index (χ2v) is 2.78. The Morgan fingerprint density at radius 2 is 2.31 bits per heavy atom. The van der Waals surface area contributed by atoms with Gasteiger partial charge in [-0.3, -0.25) is 0 Å². The van der Waals surface area contributed by atoms with E-state index in [2.05, 4.69) is 19.9 Å². The predicted octanol–water partition coefficient (Wildman–Crippen LogP) is 0.671. The molecule has 16 heavy (non-hydrogen) atoms. The molecule has 2 aromatic heterocycles. The van der Waals surface area contributed by atoms with Crippen molar-refractivity contribution in [3.05, 3.63) is 27.9 Å². The average Bonchev–Trinajstić information content (AvgIpc) is 2.86. The lowest BCUT2D eigenvalue weighted by atomic mass is 10.3. The van der Waals surface area contributed by atoms with Crippen molar-refractivity contribution in [1.82, 2.24) is 15.4 Å². The molecular formula is C7H4N4O5. The van der Waals surface area contributed by atoms with Crippen molar-refractivity contribution < 1.29 is 19.3 Å². The maximum atomic E-state index is 10.5. The maximum absolute atomic E-state index is 10.5. The van der Waals surface area contributed by atoms with Gasteiger partial charge in [-0.05, 0) is 4.92 Å². The van der Waals surface area contributed by atoms with Gasteiger partial charge in [0.05, 0.1) is 6.07 Å². The third-order valence-corrected chi connectivity index (χ3v) is 1.74. The van der Waals surface area contributed by atoms with Gasteiger partial charge in [0.15, 0.2) is 17.1 Å². The highest BCUT2D eigenvalue weighted by molar-refractivity contribution is 5.86. The highest BCUT2D eigenvalue weighted by atomic mass is 16.6. The van der Waals surface area contributed by atoms with Crippen LogP contribution in [-0.2, 0) is 0 Å². The molecule has 0 amide bonds. The van der Waals surface area contributed by atoms with Crippen LogP contribution < -0.4 is 0 Å². The van der Waals surface area contributed by atoms with Crippen LogP contribution >= 0.6 is 0 Å². The van der Waals surface area contributed by atoms with Crippen LogP contribution in [0.2, 0.25) is 0 Å². The molecule has 0 spiro atoms. The number of hydrogen-bond donors (Lipinski definition) is 2. The molecule has 2 heterocycles. The monoisotopic (exact) mass is 224 g/mol. The van der Waals surface area contributed by atoms with Crippen molar-refractivity contribution in [3.8, 4) is 11.5 Å². The maximum Gasteiger partial charge on any atom is 0.358 e. The summed E-state index contributed by atoms with van der Waals surface area (Å²) in [6.45, 7) is 0. The second-order valence-electron chi connectivity index (χ2n) is 2.78. The summed E-state index contributed by atoms with van der Waals surface area (Å²) < 4.78 is 4.67. The van der Waals surface area contributed by atoms with Gasteiger partial charge in [-0.1, -0.05) is 10.3 Å². The molecule has 2 N–H and O–H groups in total. The Morgan fingerprint density at radius 3 is 2.81 bits per heavy atom. The highest BCUT2D eigenvalue weighted by Crippen LogP contribution is 2.21. The average molecular weight is 224 g/mol. The molecule has 0 fully saturated rings. The van der Waals surface area contributed by atoms with Gasteiger partial charge < -0.3 is 19.7 Å². The number of aromatic nitrogens is 3. The van der Waals surface area contributed by atoms with E-state index in [0.717, 1.165) is 12.1 Å². The van der Waals surface area contributed by atoms with E-state index >= 15 is 0 Å². The number of H-pyrrole nitrogens is 1. The molecule has 0 unspecified atom stereocenters. The summed E-state index contributed by atoms with van der Waals surface area (Å²) in [5, 5.41) is 27.9. The number of nitrogens with zero attached hydrogens (tertiary/aromatic N) is 3. The van der Waals surface area contributed by atoms with Crippen molar-refractivity contribution in [1.29, 1.82) is 0 Å². The molecule has 2 rings (SSSR count). The van der Waals surface area contributed by atoms with E-state index < -0.39 is 10.9 Å². The van der Waals surface area contributed by atoms with Crippen LogP contribution in [0.3, 0.4) is 0 Å². The van der Waals surface area contributed by atoms with Crippen LogP contribution in [-0.4, -0.2) is 31.4 Å². The standard InChI is InChI=1S/C7H4N4O5/c12-7(13)4-1-5(16-10-4)3-2-6(9-8-3)11(14)15/h1-2H,(H,8,9)(H,12,13). The molecule has 82 valence electrons. The van der Waals surface area contributed by atoms with Crippen LogP contribution in [0.4, 0.5) is 5.82 Å². The number of carboxylic acids is 1. The van der Waals surface area contributed by atoms with E-state index in [0.29, 0.717) is 0 Å². The van der Waals surface area contributed by atoms with Crippen LogP contribution in [0, 0.1) is 10.1 Å². The van der Waals surface area contributed by atoms with E-state index in [9.17, 15) is 14.9 Å². The summed E-state index contributed by atoms with van der Waals surface area (Å²) in [6, 6.07) is 2.24. The lowest BCUT2D eigenvalue weighted by Crippen LogP contribution is -1.94. The Balaban J connectivity index is 2.35. The minimum Gasteiger partial charge on any atom is -0.476 e. The van der Waals surface area contributed by atoms with Crippen LogP contribution in [0.15, 0.2) is 16.7 Å². The lowest BCUT2D eigenvalue weighted by Gasteiger charge is -1.84. The van der Waals surface area contributed by atoms with E-state index in [-0.39, 0.29) is 23.0 Å². The Kier molecular flexibility index (Phi) is 2.12. The van der Waals surface area contributed by atoms with Crippen molar-refractivity contribution in [2.24, 2.45) is 0 Å². The number of aromatic amines is 1. The van der Waals surface area contributed by atoms with Crippen molar-refractivity contribution >= 4 is 11.8 Å². The SMILES string of the molecule is O=C(O)c1cc(-c2cc([N+](=O)[O-])[nH]n2)on1. The number of nitro groups is 1. The van der Waals surface area contributed by atoms with Crippen molar-refractivity contribution in [3.63, 3.8) is 0 Å². The van der Waals surface area contributed by atoms with Gasteiger partial charge in [-0.25, -0.2) is 4.79 Å². The highest BCUT2D eigenvalue weighted by Gasteiger charge is 2.17. The van der Waals surface area contributed by atoms with Gasteiger partial charge in [0.2, 0.25) is 0 Å². The smallest absolute Gasteiger partial charge is 0.358 e. The zero-order chi connectivity index (χ0) is 11.7. The molecule has 0 aliphatic carbocycles. The number of carboxylic acid groups (broad SMARTS) is 1. The first-order valence-corrected chi connectivity index (χ1v) is 3.98. The van der Waals surface area contributed by atoms with Crippen molar-refractivity contribution in [2.45, 2.75) is 0 Å². The third-order valence-electron chi connectivity index (χ3n) is 1.74. The molecule has 0 saturated carbocycles. The van der Waals surface area contributed by atoms with Gasteiger partial charge >= 0.3 is 11.8 Å². The molecule has 0 radical (unpaired) electrons. The summed E-state index contributed by atoms with van der Waals surface area (Å²) in [6.07, 6.45) is 0. The second kappa shape index (κ2) is 3.46. The number of hydrogen-bond acceptors (Lipinski definition) is 6. The van der Waals surface area contributed by atoms with E-state index in [1.165, 1.54) is 0 Å². The summed E-state index contributed by atoms with van der Waals surface area (Å²) in [7, 11) is 0. The Hall–Kier alpha value is -2.71. The fourth-order valence-corrected chi connectivity index (χ4v) is 1.03. The van der Waals surface area contributed by atoms with Crippen LogP contribution in [0.1, 0.15) is 10.5 Å². The topological polar surface area (TPSA) is 135 Å². The van der Waals surface area contributed by atoms with Crippen LogP contribution in [0.5, 0.6) is 0 Å². The normalized spacial score (nSPS) is 10.2. The number of carbonyl (C=O) groups is 1. The number of aromatic carboxylic acids is 1. The fraction of sp³-hybridized carbons (Fsp3) is 0. The van der Waals surface area contributed by atoms with Gasteiger partial charge in [-0.2, -0.15) is 0 Å². The first-order valence-electron chi connectivity index (χ1n) is 3.98. The predicted molar refractivity (Wildman–Crippen MR) is 47.7 cm³/mol. The minimum atomic E-state index is -1.25. The zero-order valence-corrected chi connectivity index (χ0v) is 7.58. The number of rotatable bonds is 3. The van der Waals surface area contributed by atoms with E-state index in [1.807, 2.05) is 0 Å². The Bertz CT molecular complexity index is 506. The van der Waals surface area contributed by atoms with Gasteiger partial charge in [0, 0.05) is 6.07 Å². The van der Waals surface area contributed by atoms with E-state index in [1.54, 1.807) is 0 Å². The molecule has 9 heteroatoms. The molecule has 0 atom stereocenters. The largest absolute Gasteiger partial charge is 0.476 e. The van der Waals surface area contributed by atoms with Gasteiger partial charge in [0.25, 0.3) is 0 Å². The molecular weight excluding hydrogens is 220 g/mol. The van der Waals surface area contributed by atoms with E-state index in [4.69, 9.17) is 5.11 Å². The quantitative estimate of drug-likeness (QED) is 0.577. The molecule has 2 aromatic rings. The molecule has 0 bridgehead atoms. The van der Waals surface area contributed by atoms with Gasteiger partial charge in [0.1, 0.15) is 0 Å². The molecule has 0 aliphatic rings. The zero-order valence-electron chi connectivity index (χ0n) is 7.58. The van der Waals surface area contributed by atoms with Gasteiger partial charge in [-0.15, -0.1) is 5.10 Å². The van der Waals surface area contributed by atoms with Crippen molar-refractivity contribution in [2.75, 3.05) is 0 Å². The Morgan fingerprint density at radius 1 is 1.56 bits per heavy atom. The first kappa shape index (κ1) is 9.83. The summed E-state index contributed by atoms with van der Waals surface area (Å²) in [5.41, 5.74) is -0.174.